The molecule has 2 fully saturated rings. The van der Waals surface area contributed by atoms with E-state index >= 15 is 0 Å². The van der Waals surface area contributed by atoms with Crippen LogP contribution in [0, 0.1) is 5.41 Å². The maximum Gasteiger partial charge on any atom is 0.416 e. The Morgan fingerprint density at radius 1 is 1.08 bits per heavy atom. The van der Waals surface area contributed by atoms with Gasteiger partial charge in [-0.3, -0.25) is 4.90 Å². The summed E-state index contributed by atoms with van der Waals surface area (Å²) in [6.45, 7) is 9.95. The third kappa shape index (κ3) is 4.88. The van der Waals surface area contributed by atoms with E-state index in [1.165, 1.54) is 12.1 Å². The first-order valence-electron chi connectivity index (χ1n) is 8.99. The number of hydrogen-bond acceptors (Lipinski definition) is 3. The monoisotopic (exact) mass is 356 g/mol. The van der Waals surface area contributed by atoms with E-state index in [-0.39, 0.29) is 0 Å². The molecule has 3 nitrogen and oxygen atoms in total. The van der Waals surface area contributed by atoms with Gasteiger partial charge in [0.15, 0.2) is 0 Å². The van der Waals surface area contributed by atoms with Crippen LogP contribution in [0.4, 0.5) is 18.9 Å². The Morgan fingerprint density at radius 2 is 1.72 bits per heavy atom. The predicted octanol–water partition coefficient (Wildman–Crippen LogP) is 4.03. The van der Waals surface area contributed by atoms with E-state index in [4.69, 9.17) is 4.74 Å². The van der Waals surface area contributed by atoms with Gasteiger partial charge in [0.25, 0.3) is 0 Å². The standard InChI is InChI=1S/C19H27F3N2O/c1-18(2)13-17(25-14-18)7-8-23-9-11-24(12-10-23)16-5-3-15(4-6-16)19(20,21)22/h3-6,17H,7-14H2,1-2H3. The number of hydrogen-bond donors (Lipinski definition) is 0. The molecule has 2 heterocycles. The molecule has 2 aliphatic rings. The van der Waals surface area contributed by atoms with Crippen LogP contribution in [-0.2, 0) is 10.9 Å². The van der Waals surface area contributed by atoms with Crippen molar-refractivity contribution < 1.29 is 17.9 Å². The Hall–Kier alpha value is -1.27. The molecule has 0 bridgehead atoms. The summed E-state index contributed by atoms with van der Waals surface area (Å²) in [5.41, 5.74) is 0.578. The molecule has 0 saturated carbocycles. The van der Waals surface area contributed by atoms with Crippen molar-refractivity contribution >= 4 is 5.69 Å². The number of rotatable bonds is 4. The minimum absolute atomic E-state index is 0.298. The van der Waals surface area contributed by atoms with Crippen LogP contribution in [0.3, 0.4) is 0 Å². The number of alkyl halides is 3. The van der Waals surface area contributed by atoms with Crippen molar-refractivity contribution in [1.29, 1.82) is 0 Å². The summed E-state index contributed by atoms with van der Waals surface area (Å²) in [6.07, 6.45) is -1.72. The molecule has 0 N–H and O–H groups in total. The fourth-order valence-electron chi connectivity index (χ4n) is 3.68. The number of anilines is 1. The van der Waals surface area contributed by atoms with Crippen molar-refractivity contribution in [2.45, 2.75) is 39.0 Å². The van der Waals surface area contributed by atoms with Crippen molar-refractivity contribution in [2.24, 2.45) is 5.41 Å². The van der Waals surface area contributed by atoms with Gasteiger partial charge >= 0.3 is 6.18 Å². The molecule has 0 aliphatic carbocycles. The molecule has 0 amide bonds. The quantitative estimate of drug-likeness (QED) is 0.810. The van der Waals surface area contributed by atoms with Gasteiger partial charge in [-0.15, -0.1) is 0 Å². The summed E-state index contributed by atoms with van der Waals surface area (Å²) in [7, 11) is 0. The van der Waals surface area contributed by atoms with Crippen LogP contribution in [0.25, 0.3) is 0 Å². The molecule has 25 heavy (non-hydrogen) atoms. The Bertz CT molecular complexity index is 563. The van der Waals surface area contributed by atoms with Crippen LogP contribution in [0.5, 0.6) is 0 Å². The average molecular weight is 356 g/mol. The van der Waals surface area contributed by atoms with Crippen LogP contribution < -0.4 is 4.90 Å². The highest BCUT2D eigenvalue weighted by molar-refractivity contribution is 5.48. The van der Waals surface area contributed by atoms with Gasteiger partial charge in [-0.05, 0) is 42.5 Å². The lowest BCUT2D eigenvalue weighted by Crippen LogP contribution is -2.47. The Kier molecular flexibility index (Phi) is 5.30. The third-order valence-electron chi connectivity index (χ3n) is 5.19. The number of halogens is 3. The van der Waals surface area contributed by atoms with Gasteiger partial charge in [0.1, 0.15) is 0 Å². The lowest BCUT2D eigenvalue weighted by atomic mass is 9.90. The van der Waals surface area contributed by atoms with Crippen molar-refractivity contribution in [3.63, 3.8) is 0 Å². The number of benzene rings is 1. The zero-order chi connectivity index (χ0) is 18.1. The maximum atomic E-state index is 12.6. The van der Waals surface area contributed by atoms with Gasteiger partial charge in [0.05, 0.1) is 18.3 Å². The summed E-state index contributed by atoms with van der Waals surface area (Å²) in [4.78, 5) is 4.58. The molecule has 140 valence electrons. The Morgan fingerprint density at radius 3 is 2.24 bits per heavy atom. The lowest BCUT2D eigenvalue weighted by molar-refractivity contribution is -0.137. The molecule has 6 heteroatoms. The van der Waals surface area contributed by atoms with E-state index < -0.39 is 11.7 Å². The van der Waals surface area contributed by atoms with Gasteiger partial charge in [-0.1, -0.05) is 13.8 Å². The normalized spacial score (nSPS) is 24.7. The van der Waals surface area contributed by atoms with E-state index in [0.717, 1.165) is 57.9 Å². The zero-order valence-corrected chi connectivity index (χ0v) is 15.0. The van der Waals surface area contributed by atoms with Gasteiger partial charge in [0.2, 0.25) is 0 Å². The molecule has 2 saturated heterocycles. The summed E-state index contributed by atoms with van der Waals surface area (Å²) in [6, 6.07) is 5.49. The summed E-state index contributed by atoms with van der Waals surface area (Å²) >= 11 is 0. The second-order valence-corrected chi connectivity index (χ2v) is 7.96. The van der Waals surface area contributed by atoms with Crippen LogP contribution in [-0.4, -0.2) is 50.3 Å². The SMILES string of the molecule is CC1(C)COC(CCN2CCN(c3ccc(C(F)(F)F)cc3)CC2)C1. The second kappa shape index (κ2) is 7.16. The Labute approximate surface area is 147 Å². The summed E-state index contributed by atoms with van der Waals surface area (Å²) < 4.78 is 43.8. The van der Waals surface area contributed by atoms with Crippen LogP contribution in [0.2, 0.25) is 0 Å². The van der Waals surface area contributed by atoms with Crippen LogP contribution in [0.15, 0.2) is 24.3 Å². The fraction of sp³-hybridized carbons (Fsp3) is 0.684. The number of piperazine rings is 1. The highest BCUT2D eigenvalue weighted by atomic mass is 19.4. The summed E-state index contributed by atoms with van der Waals surface area (Å²) in [5, 5.41) is 0. The molecule has 1 aromatic carbocycles. The molecule has 1 aromatic rings. The smallest absolute Gasteiger partial charge is 0.378 e. The number of ether oxygens (including phenoxy) is 1. The second-order valence-electron chi connectivity index (χ2n) is 7.96. The van der Waals surface area contributed by atoms with Crippen molar-refractivity contribution in [3.05, 3.63) is 29.8 Å². The molecule has 0 radical (unpaired) electrons. The Balaban J connectivity index is 1.44. The first kappa shape index (κ1) is 18.5. The third-order valence-corrected chi connectivity index (χ3v) is 5.19. The van der Waals surface area contributed by atoms with Crippen LogP contribution in [0.1, 0.15) is 32.3 Å². The van der Waals surface area contributed by atoms with Crippen molar-refractivity contribution in [2.75, 3.05) is 44.2 Å². The van der Waals surface area contributed by atoms with Gasteiger partial charge < -0.3 is 9.64 Å². The topological polar surface area (TPSA) is 15.7 Å². The maximum absolute atomic E-state index is 12.6. The molecule has 0 aromatic heterocycles. The van der Waals surface area contributed by atoms with E-state index in [2.05, 4.69) is 23.6 Å². The van der Waals surface area contributed by atoms with Gasteiger partial charge in [0, 0.05) is 38.4 Å². The summed E-state index contributed by atoms with van der Waals surface area (Å²) in [5.74, 6) is 0. The molecular weight excluding hydrogens is 329 g/mol. The van der Waals surface area contributed by atoms with Gasteiger partial charge in [-0.25, -0.2) is 0 Å². The highest BCUT2D eigenvalue weighted by Crippen LogP contribution is 2.33. The zero-order valence-electron chi connectivity index (χ0n) is 15.0. The fourth-order valence-corrected chi connectivity index (χ4v) is 3.68. The average Bonchev–Trinajstić information content (AvgIpc) is 2.92. The highest BCUT2D eigenvalue weighted by Gasteiger charge is 2.32. The minimum Gasteiger partial charge on any atom is -0.378 e. The first-order chi connectivity index (χ1) is 11.7. The molecule has 0 spiro atoms. The van der Waals surface area contributed by atoms with E-state index in [9.17, 15) is 13.2 Å². The molecule has 3 rings (SSSR count). The number of nitrogens with zero attached hydrogens (tertiary/aromatic N) is 2. The molecule has 1 unspecified atom stereocenters. The largest absolute Gasteiger partial charge is 0.416 e. The van der Waals surface area contributed by atoms with E-state index in [1.54, 1.807) is 12.1 Å². The molecule has 2 aliphatic heterocycles. The van der Waals surface area contributed by atoms with E-state index in [0.29, 0.717) is 11.5 Å². The van der Waals surface area contributed by atoms with Gasteiger partial charge in [-0.2, -0.15) is 13.2 Å². The van der Waals surface area contributed by atoms with E-state index in [1.807, 2.05) is 0 Å². The first-order valence-corrected chi connectivity index (χ1v) is 8.99. The lowest BCUT2D eigenvalue weighted by Gasteiger charge is -2.36. The molecular formula is C19H27F3N2O. The molecule has 1 atom stereocenters. The van der Waals surface area contributed by atoms with Crippen molar-refractivity contribution in [1.82, 2.24) is 4.90 Å². The predicted molar refractivity (Wildman–Crippen MR) is 92.9 cm³/mol. The van der Waals surface area contributed by atoms with Crippen molar-refractivity contribution in [3.8, 4) is 0 Å². The minimum atomic E-state index is -4.27. The van der Waals surface area contributed by atoms with Crippen LogP contribution >= 0.6 is 0 Å².